The van der Waals surface area contributed by atoms with Crippen LogP contribution in [0.25, 0.3) is 0 Å². The summed E-state index contributed by atoms with van der Waals surface area (Å²) in [6.45, 7) is 5.12. The van der Waals surface area contributed by atoms with Crippen molar-refractivity contribution in [2.45, 2.75) is 31.9 Å². The molecule has 0 bridgehead atoms. The number of aliphatic carboxylic acids is 2. The number of carboxylic acids is 2. The first-order valence-electron chi connectivity index (χ1n) is 10.6. The van der Waals surface area contributed by atoms with Gasteiger partial charge in [0.25, 0.3) is 0 Å². The maximum absolute atomic E-state index is 12.6. The van der Waals surface area contributed by atoms with Crippen LogP contribution in [0.1, 0.15) is 10.7 Å². The summed E-state index contributed by atoms with van der Waals surface area (Å²) in [5.41, 5.74) is 1.80. The molecule has 4 rings (SSSR count). The zero-order valence-electron chi connectivity index (χ0n) is 19.5. The van der Waals surface area contributed by atoms with Crippen LogP contribution in [0.15, 0.2) is 29.9 Å². The Morgan fingerprint density at radius 1 is 1.13 bits per heavy atom. The third-order valence-corrected chi connectivity index (χ3v) is 6.12. The van der Waals surface area contributed by atoms with Crippen molar-refractivity contribution in [2.75, 3.05) is 25.0 Å². The van der Waals surface area contributed by atoms with Gasteiger partial charge < -0.3 is 20.3 Å². The lowest BCUT2D eigenvalue weighted by Crippen LogP contribution is -2.31. The van der Waals surface area contributed by atoms with Crippen LogP contribution >= 0.6 is 11.3 Å². The Kier molecular flexibility index (Phi) is 10.5. The number of aryl methyl sites for hydroxylation is 1. The van der Waals surface area contributed by atoms with Gasteiger partial charge in [-0.1, -0.05) is 0 Å². The first kappa shape index (κ1) is 30.9. The molecule has 0 aliphatic carbocycles. The van der Waals surface area contributed by atoms with Crippen LogP contribution in [0.3, 0.4) is 0 Å². The standard InChI is InChI=1S/C17H20N4O2S.2C2HF3O2/c1-11-10-24-16(19-11)8-21-6-13-14(9-23-15(13)7-21)17(22)20-12-3-2-4-18-5-12;2*3-2(4,5)1(6)7/h2-5,10,13-15H,6-9H2,1H3,(H,20,22);2*(H,6,7)/t13-,14+,15-;;/m1../s1. The normalized spacial score (nSPS) is 20.9. The van der Waals surface area contributed by atoms with Crippen LogP contribution < -0.4 is 5.32 Å². The molecule has 38 heavy (non-hydrogen) atoms. The molecule has 0 radical (unpaired) electrons. The third-order valence-electron chi connectivity index (χ3n) is 5.17. The highest BCUT2D eigenvalue weighted by Crippen LogP contribution is 2.35. The van der Waals surface area contributed by atoms with Crippen LogP contribution in [0.4, 0.5) is 32.0 Å². The minimum atomic E-state index is -5.08. The van der Waals surface area contributed by atoms with Crippen molar-refractivity contribution in [2.24, 2.45) is 11.8 Å². The number of carbonyl (C=O) groups excluding carboxylic acids is 1. The summed E-state index contributed by atoms with van der Waals surface area (Å²) in [6, 6.07) is 3.67. The summed E-state index contributed by atoms with van der Waals surface area (Å²) >= 11 is 1.69. The van der Waals surface area contributed by atoms with Gasteiger partial charge in [-0.15, -0.1) is 11.3 Å². The van der Waals surface area contributed by atoms with Gasteiger partial charge in [-0.2, -0.15) is 26.3 Å². The molecule has 0 spiro atoms. The molecule has 17 heteroatoms. The van der Waals surface area contributed by atoms with Crippen LogP contribution in [-0.2, 0) is 25.7 Å². The SMILES string of the molecule is Cc1csc(CN2C[C@@H]3[C@@H](C(=O)Nc4cccnc4)CO[C@@H]3C2)n1.O=C(O)C(F)(F)F.O=C(O)C(F)(F)F. The van der Waals surface area contributed by atoms with Gasteiger partial charge in [0.2, 0.25) is 5.91 Å². The first-order chi connectivity index (χ1) is 17.6. The molecule has 2 aromatic heterocycles. The Labute approximate surface area is 215 Å². The number of likely N-dealkylation sites (tertiary alicyclic amines) is 1. The molecule has 0 saturated carbocycles. The Balaban J connectivity index is 0.000000301. The van der Waals surface area contributed by atoms with Crippen molar-refractivity contribution in [1.82, 2.24) is 14.9 Å². The largest absolute Gasteiger partial charge is 0.490 e. The summed E-state index contributed by atoms with van der Waals surface area (Å²) in [6.07, 6.45) is -6.66. The van der Waals surface area contributed by atoms with Crippen LogP contribution in [-0.4, -0.2) is 81.1 Å². The molecule has 10 nitrogen and oxygen atoms in total. The van der Waals surface area contributed by atoms with E-state index in [1.165, 1.54) is 0 Å². The molecule has 1 amide bonds. The van der Waals surface area contributed by atoms with E-state index >= 15 is 0 Å². The lowest BCUT2D eigenvalue weighted by molar-refractivity contribution is -0.193. The second-order valence-electron chi connectivity index (χ2n) is 8.06. The molecule has 2 aliphatic heterocycles. The second kappa shape index (κ2) is 13.0. The van der Waals surface area contributed by atoms with Crippen molar-refractivity contribution in [3.05, 3.63) is 40.6 Å². The Hall–Kier alpha value is -3.31. The molecule has 4 heterocycles. The highest BCUT2D eigenvalue weighted by atomic mass is 32.1. The molecule has 3 atom stereocenters. The van der Waals surface area contributed by atoms with Gasteiger partial charge in [0.05, 0.1) is 37.1 Å². The molecular formula is C21H22F6N4O6S. The van der Waals surface area contributed by atoms with Crippen molar-refractivity contribution >= 4 is 34.9 Å². The average Bonchev–Trinajstić information content (AvgIpc) is 3.50. The van der Waals surface area contributed by atoms with E-state index in [1.54, 1.807) is 23.7 Å². The number of halogens is 6. The number of carboxylic acid groups (broad SMARTS) is 2. The summed E-state index contributed by atoms with van der Waals surface area (Å²) < 4.78 is 69.4. The summed E-state index contributed by atoms with van der Waals surface area (Å²) in [5, 5.41) is 20.4. The van der Waals surface area contributed by atoms with Gasteiger partial charge in [-0.25, -0.2) is 14.6 Å². The number of nitrogens with one attached hydrogen (secondary N) is 1. The van der Waals surface area contributed by atoms with E-state index < -0.39 is 24.3 Å². The minimum Gasteiger partial charge on any atom is -0.475 e. The average molecular weight is 572 g/mol. The number of nitrogens with zero attached hydrogens (tertiary/aromatic N) is 3. The number of ether oxygens (including phenoxy) is 1. The summed E-state index contributed by atoms with van der Waals surface area (Å²) in [7, 11) is 0. The van der Waals surface area contributed by atoms with Crippen molar-refractivity contribution in [3.63, 3.8) is 0 Å². The fraction of sp³-hybridized carbons (Fsp3) is 0.476. The minimum absolute atomic E-state index is 0.0300. The molecule has 210 valence electrons. The van der Waals surface area contributed by atoms with Crippen molar-refractivity contribution in [1.29, 1.82) is 0 Å². The first-order valence-corrected chi connectivity index (χ1v) is 11.5. The number of rotatable bonds is 4. The number of fused-ring (bicyclic) bond motifs is 1. The van der Waals surface area contributed by atoms with Gasteiger partial charge in [-0.05, 0) is 19.1 Å². The molecule has 3 N–H and O–H groups in total. The second-order valence-corrected chi connectivity index (χ2v) is 9.00. The van der Waals surface area contributed by atoms with Crippen molar-refractivity contribution < 1.29 is 55.7 Å². The van der Waals surface area contributed by atoms with Gasteiger partial charge in [-0.3, -0.25) is 14.7 Å². The van der Waals surface area contributed by atoms with Gasteiger partial charge in [0.1, 0.15) is 5.01 Å². The number of carbonyl (C=O) groups is 3. The predicted molar refractivity (Wildman–Crippen MR) is 119 cm³/mol. The van der Waals surface area contributed by atoms with Gasteiger partial charge in [0.15, 0.2) is 0 Å². The van der Waals surface area contributed by atoms with E-state index in [4.69, 9.17) is 24.5 Å². The number of amides is 1. The fourth-order valence-electron chi connectivity index (χ4n) is 3.53. The number of alkyl halides is 6. The molecule has 0 unspecified atom stereocenters. The highest BCUT2D eigenvalue weighted by molar-refractivity contribution is 7.09. The van der Waals surface area contributed by atoms with E-state index in [9.17, 15) is 31.1 Å². The Morgan fingerprint density at radius 2 is 1.74 bits per heavy atom. The van der Waals surface area contributed by atoms with Crippen molar-refractivity contribution in [3.8, 4) is 0 Å². The highest BCUT2D eigenvalue weighted by Gasteiger charge is 2.47. The van der Waals surface area contributed by atoms with E-state index in [1.807, 2.05) is 19.1 Å². The molecule has 2 aliphatic rings. The number of hydrogen-bond donors (Lipinski definition) is 3. The molecule has 2 saturated heterocycles. The maximum Gasteiger partial charge on any atom is 0.490 e. The van der Waals surface area contributed by atoms with E-state index in [0.29, 0.717) is 6.61 Å². The molecule has 0 aromatic carbocycles. The zero-order chi connectivity index (χ0) is 28.7. The lowest BCUT2D eigenvalue weighted by atomic mass is 9.92. The van der Waals surface area contributed by atoms with Crippen LogP contribution in [0, 0.1) is 18.8 Å². The number of anilines is 1. The summed E-state index contributed by atoms with van der Waals surface area (Å²) in [5.74, 6) is -5.33. The van der Waals surface area contributed by atoms with E-state index in [-0.39, 0.29) is 23.8 Å². The lowest BCUT2D eigenvalue weighted by Gasteiger charge is -2.18. The molecule has 2 fully saturated rings. The molecule has 2 aromatic rings. The maximum atomic E-state index is 12.6. The number of aromatic nitrogens is 2. The fourth-order valence-corrected chi connectivity index (χ4v) is 4.34. The van der Waals surface area contributed by atoms with Gasteiger partial charge in [0, 0.05) is 36.3 Å². The van der Waals surface area contributed by atoms with Crippen LogP contribution in [0.5, 0.6) is 0 Å². The summed E-state index contributed by atoms with van der Waals surface area (Å²) in [4.78, 5) is 41.3. The van der Waals surface area contributed by atoms with E-state index in [2.05, 4.69) is 25.6 Å². The monoisotopic (exact) mass is 572 g/mol. The quantitative estimate of drug-likeness (QED) is 0.471. The van der Waals surface area contributed by atoms with Gasteiger partial charge >= 0.3 is 24.3 Å². The topological polar surface area (TPSA) is 142 Å². The number of pyridine rings is 1. The Bertz CT molecular complexity index is 1070. The zero-order valence-corrected chi connectivity index (χ0v) is 20.3. The molecular weight excluding hydrogens is 550 g/mol. The third kappa shape index (κ3) is 9.53. The van der Waals surface area contributed by atoms with Crippen LogP contribution in [0.2, 0.25) is 0 Å². The predicted octanol–water partition coefficient (Wildman–Crippen LogP) is 3.20. The van der Waals surface area contributed by atoms with E-state index in [0.717, 1.165) is 36.0 Å². The number of thiazole rings is 1. The smallest absolute Gasteiger partial charge is 0.475 e. The Morgan fingerprint density at radius 3 is 2.21 bits per heavy atom. The number of hydrogen-bond acceptors (Lipinski definition) is 8.